The highest BCUT2D eigenvalue weighted by molar-refractivity contribution is 7.14. The van der Waals surface area contributed by atoms with Crippen LogP contribution in [0.4, 0.5) is 10.5 Å². The van der Waals surface area contributed by atoms with Gasteiger partial charge in [0.05, 0.1) is 12.1 Å². The molecule has 0 atom stereocenters. The van der Waals surface area contributed by atoms with Gasteiger partial charge in [-0.05, 0) is 23.6 Å². The van der Waals surface area contributed by atoms with E-state index in [1.807, 2.05) is 40.4 Å². The predicted molar refractivity (Wildman–Crippen MR) is 103 cm³/mol. The summed E-state index contributed by atoms with van der Waals surface area (Å²) in [4.78, 5) is 27.9. The molecule has 0 radical (unpaired) electrons. The fourth-order valence-corrected chi connectivity index (χ4v) is 3.61. The SMILES string of the molecule is O=C(NCCC(=O)OCc1csc(-c2ccsc2)n1)Nc1ccccc1. The van der Waals surface area contributed by atoms with Crippen molar-refractivity contribution in [2.45, 2.75) is 13.0 Å². The predicted octanol–water partition coefficient (Wildman–Crippen LogP) is 4.13. The van der Waals surface area contributed by atoms with Gasteiger partial charge in [-0.15, -0.1) is 11.3 Å². The molecule has 2 aromatic heterocycles. The Bertz CT molecular complexity index is 848. The Morgan fingerprint density at radius 3 is 2.73 bits per heavy atom. The lowest BCUT2D eigenvalue weighted by atomic mass is 10.3. The molecule has 2 heterocycles. The third-order valence-electron chi connectivity index (χ3n) is 3.35. The van der Waals surface area contributed by atoms with Gasteiger partial charge in [0.1, 0.15) is 11.6 Å². The van der Waals surface area contributed by atoms with Crippen LogP contribution in [0.15, 0.2) is 52.5 Å². The second-order valence-corrected chi connectivity index (χ2v) is 6.95. The number of benzene rings is 1. The number of hydrogen-bond donors (Lipinski definition) is 2. The van der Waals surface area contributed by atoms with E-state index in [0.29, 0.717) is 5.69 Å². The Balaban J connectivity index is 1.35. The Morgan fingerprint density at radius 2 is 1.96 bits per heavy atom. The minimum absolute atomic E-state index is 0.101. The van der Waals surface area contributed by atoms with Crippen molar-refractivity contribution in [2.24, 2.45) is 0 Å². The molecule has 0 saturated carbocycles. The molecule has 6 nitrogen and oxygen atoms in total. The Labute approximate surface area is 158 Å². The van der Waals surface area contributed by atoms with E-state index in [1.165, 1.54) is 11.3 Å². The zero-order chi connectivity index (χ0) is 18.2. The number of rotatable bonds is 7. The summed E-state index contributed by atoms with van der Waals surface area (Å²) in [6, 6.07) is 10.7. The number of ether oxygens (including phenoxy) is 1. The van der Waals surface area contributed by atoms with Gasteiger partial charge in [0.25, 0.3) is 0 Å². The fourth-order valence-electron chi connectivity index (χ4n) is 2.09. The second-order valence-electron chi connectivity index (χ2n) is 5.31. The monoisotopic (exact) mass is 387 g/mol. The number of carbonyl (C=O) groups is 2. The molecule has 0 unspecified atom stereocenters. The van der Waals surface area contributed by atoms with Gasteiger partial charge in [-0.2, -0.15) is 11.3 Å². The van der Waals surface area contributed by atoms with E-state index in [0.717, 1.165) is 16.3 Å². The summed E-state index contributed by atoms with van der Waals surface area (Å²) >= 11 is 3.14. The highest BCUT2D eigenvalue weighted by Gasteiger charge is 2.09. The van der Waals surface area contributed by atoms with Crippen molar-refractivity contribution in [1.82, 2.24) is 10.3 Å². The highest BCUT2D eigenvalue weighted by Crippen LogP contribution is 2.25. The number of anilines is 1. The topological polar surface area (TPSA) is 80.3 Å². The molecule has 1 aromatic carbocycles. The normalized spacial score (nSPS) is 10.3. The molecule has 0 fully saturated rings. The number of urea groups is 1. The van der Waals surface area contributed by atoms with E-state index in [9.17, 15) is 9.59 Å². The number of nitrogens with one attached hydrogen (secondary N) is 2. The molecule has 3 aromatic rings. The zero-order valence-corrected chi connectivity index (χ0v) is 15.4. The first-order valence-electron chi connectivity index (χ1n) is 7.93. The molecular weight excluding hydrogens is 370 g/mol. The molecule has 0 saturated heterocycles. The van der Waals surface area contributed by atoms with Gasteiger partial charge in [0.2, 0.25) is 0 Å². The maximum absolute atomic E-state index is 11.8. The first-order chi connectivity index (χ1) is 12.7. The van der Waals surface area contributed by atoms with Crippen LogP contribution in [0.2, 0.25) is 0 Å². The van der Waals surface area contributed by atoms with Crippen molar-refractivity contribution >= 4 is 40.4 Å². The molecule has 2 amide bonds. The number of amides is 2. The average molecular weight is 387 g/mol. The lowest BCUT2D eigenvalue weighted by Gasteiger charge is -2.07. The van der Waals surface area contributed by atoms with E-state index in [1.54, 1.807) is 23.5 Å². The van der Waals surface area contributed by atoms with Crippen molar-refractivity contribution in [1.29, 1.82) is 0 Å². The second kappa shape index (κ2) is 9.12. The van der Waals surface area contributed by atoms with Gasteiger partial charge >= 0.3 is 12.0 Å². The maximum Gasteiger partial charge on any atom is 0.319 e. The summed E-state index contributed by atoms with van der Waals surface area (Å²) in [6.07, 6.45) is 0.101. The fraction of sp³-hybridized carbons (Fsp3) is 0.167. The smallest absolute Gasteiger partial charge is 0.319 e. The summed E-state index contributed by atoms with van der Waals surface area (Å²) in [6.45, 7) is 0.338. The Hall–Kier alpha value is -2.71. The highest BCUT2D eigenvalue weighted by atomic mass is 32.1. The van der Waals surface area contributed by atoms with E-state index in [4.69, 9.17) is 4.74 Å². The van der Waals surface area contributed by atoms with Crippen molar-refractivity contribution in [3.05, 3.63) is 58.2 Å². The van der Waals surface area contributed by atoms with Crippen molar-refractivity contribution in [2.75, 3.05) is 11.9 Å². The van der Waals surface area contributed by atoms with Crippen molar-refractivity contribution in [3.8, 4) is 10.6 Å². The minimum atomic E-state index is -0.380. The number of esters is 1. The van der Waals surface area contributed by atoms with Crippen LogP contribution in [0.5, 0.6) is 0 Å². The van der Waals surface area contributed by atoms with Crippen LogP contribution in [0.25, 0.3) is 10.6 Å². The van der Waals surface area contributed by atoms with Crippen molar-refractivity contribution in [3.63, 3.8) is 0 Å². The lowest BCUT2D eigenvalue weighted by molar-refractivity contribution is -0.144. The molecule has 0 aliphatic heterocycles. The van der Waals surface area contributed by atoms with Gasteiger partial charge in [0, 0.05) is 28.6 Å². The molecule has 134 valence electrons. The maximum atomic E-state index is 11.8. The summed E-state index contributed by atoms with van der Waals surface area (Å²) in [5.74, 6) is -0.380. The van der Waals surface area contributed by atoms with Crippen LogP contribution in [0.1, 0.15) is 12.1 Å². The van der Waals surface area contributed by atoms with Crippen molar-refractivity contribution < 1.29 is 14.3 Å². The van der Waals surface area contributed by atoms with Gasteiger partial charge in [-0.3, -0.25) is 4.79 Å². The molecule has 2 N–H and O–H groups in total. The van der Waals surface area contributed by atoms with Crippen LogP contribution >= 0.6 is 22.7 Å². The van der Waals surface area contributed by atoms with Gasteiger partial charge < -0.3 is 15.4 Å². The number of carbonyl (C=O) groups excluding carboxylic acids is 2. The average Bonchev–Trinajstić information content (AvgIpc) is 3.32. The number of para-hydroxylation sites is 1. The van der Waals surface area contributed by atoms with E-state index in [2.05, 4.69) is 15.6 Å². The minimum Gasteiger partial charge on any atom is -0.459 e. The number of aromatic nitrogens is 1. The van der Waals surface area contributed by atoms with Gasteiger partial charge in [0.15, 0.2) is 0 Å². The quantitative estimate of drug-likeness (QED) is 0.598. The van der Waals surface area contributed by atoms with Crippen LogP contribution in [-0.4, -0.2) is 23.5 Å². The molecule has 3 rings (SSSR count). The third-order valence-corrected chi connectivity index (χ3v) is 4.97. The summed E-state index contributed by atoms with van der Waals surface area (Å²) in [5, 5.41) is 12.1. The van der Waals surface area contributed by atoms with Crippen LogP contribution < -0.4 is 10.6 Å². The molecular formula is C18H17N3O3S2. The zero-order valence-electron chi connectivity index (χ0n) is 13.8. The first-order valence-corrected chi connectivity index (χ1v) is 9.75. The Morgan fingerprint density at radius 1 is 1.12 bits per heavy atom. The summed E-state index contributed by atoms with van der Waals surface area (Å²) < 4.78 is 5.19. The summed E-state index contributed by atoms with van der Waals surface area (Å²) in [7, 11) is 0. The molecule has 26 heavy (non-hydrogen) atoms. The number of nitrogens with zero attached hydrogens (tertiary/aromatic N) is 1. The lowest BCUT2D eigenvalue weighted by Crippen LogP contribution is -2.30. The van der Waals surface area contributed by atoms with Crippen LogP contribution in [0, 0.1) is 0 Å². The molecule has 0 bridgehead atoms. The number of thiophene rings is 1. The van der Waals surface area contributed by atoms with Gasteiger partial charge in [-0.25, -0.2) is 9.78 Å². The molecule has 8 heteroatoms. The number of hydrogen-bond acceptors (Lipinski definition) is 6. The summed E-state index contributed by atoms with van der Waals surface area (Å²) in [5.41, 5.74) is 2.49. The van der Waals surface area contributed by atoms with E-state index < -0.39 is 0 Å². The molecule has 0 spiro atoms. The van der Waals surface area contributed by atoms with E-state index in [-0.39, 0.29) is 31.6 Å². The van der Waals surface area contributed by atoms with Gasteiger partial charge in [-0.1, -0.05) is 18.2 Å². The Kier molecular flexibility index (Phi) is 6.34. The molecule has 0 aliphatic rings. The van der Waals surface area contributed by atoms with Crippen LogP contribution in [0.3, 0.4) is 0 Å². The number of thiazole rings is 1. The third kappa shape index (κ3) is 5.40. The largest absolute Gasteiger partial charge is 0.459 e. The van der Waals surface area contributed by atoms with E-state index >= 15 is 0 Å². The standard InChI is InChI=1S/C18H17N3O3S2/c22-16(6-8-19-18(23)21-14-4-2-1-3-5-14)24-10-15-12-26-17(20-15)13-7-9-25-11-13/h1-5,7,9,11-12H,6,8,10H2,(H2,19,21,23). The van der Waals surface area contributed by atoms with Crippen LogP contribution in [-0.2, 0) is 16.1 Å². The molecule has 0 aliphatic carbocycles. The first kappa shape index (κ1) is 18.1.